The first kappa shape index (κ1) is 19.2. The molecule has 1 unspecified atom stereocenters. The summed E-state index contributed by atoms with van der Waals surface area (Å²) in [5, 5.41) is 9.27. The Bertz CT molecular complexity index is 529. The van der Waals surface area contributed by atoms with Gasteiger partial charge in [0.25, 0.3) is 0 Å². The Balaban J connectivity index is 0.000000256. The van der Waals surface area contributed by atoms with Gasteiger partial charge in [-0.3, -0.25) is 4.90 Å². The molecule has 0 radical (unpaired) electrons. The van der Waals surface area contributed by atoms with Crippen LogP contribution < -0.4 is 0 Å². The van der Waals surface area contributed by atoms with E-state index in [4.69, 9.17) is 19.4 Å². The lowest BCUT2D eigenvalue weighted by atomic mass is 9.84. The van der Waals surface area contributed by atoms with Gasteiger partial charge in [0.1, 0.15) is 0 Å². The zero-order chi connectivity index (χ0) is 17.8. The first-order chi connectivity index (χ1) is 11.2. The number of methoxy groups -OCH3 is 1. The summed E-state index contributed by atoms with van der Waals surface area (Å²) in [6.45, 7) is 4.04. The third-order valence-corrected chi connectivity index (χ3v) is 4.87. The molecule has 2 aliphatic rings. The molecular formula is C15H20F3NO4S. The smallest absolute Gasteiger partial charge is 0.475 e. The van der Waals surface area contributed by atoms with E-state index in [1.54, 1.807) is 0 Å². The third kappa shape index (κ3) is 5.17. The van der Waals surface area contributed by atoms with Crippen molar-refractivity contribution in [3.63, 3.8) is 0 Å². The quantitative estimate of drug-likeness (QED) is 0.890. The monoisotopic (exact) mass is 367 g/mol. The minimum absolute atomic E-state index is 0.0934. The number of alkyl halides is 3. The van der Waals surface area contributed by atoms with Crippen LogP contribution in [-0.2, 0) is 20.8 Å². The maximum atomic E-state index is 10.6. The van der Waals surface area contributed by atoms with Gasteiger partial charge in [-0.05, 0) is 17.9 Å². The molecule has 9 heteroatoms. The number of carboxylic acid groups (broad SMARTS) is 1. The van der Waals surface area contributed by atoms with E-state index in [0.717, 1.165) is 39.1 Å². The molecule has 1 aromatic rings. The highest BCUT2D eigenvalue weighted by Crippen LogP contribution is 2.36. The van der Waals surface area contributed by atoms with E-state index in [9.17, 15) is 13.2 Å². The van der Waals surface area contributed by atoms with Crippen molar-refractivity contribution in [3.8, 4) is 0 Å². The Kier molecular flexibility index (Phi) is 6.24. The summed E-state index contributed by atoms with van der Waals surface area (Å²) >= 11 is 1.83. The van der Waals surface area contributed by atoms with Gasteiger partial charge in [0.2, 0.25) is 0 Å². The average Bonchev–Trinajstić information content (AvgIpc) is 2.98. The summed E-state index contributed by atoms with van der Waals surface area (Å²) in [5.74, 6) is -2.76. The minimum Gasteiger partial charge on any atom is -0.475 e. The Morgan fingerprint density at radius 2 is 2.21 bits per heavy atom. The molecule has 0 bridgehead atoms. The van der Waals surface area contributed by atoms with E-state index in [1.165, 1.54) is 4.88 Å². The lowest BCUT2D eigenvalue weighted by Crippen LogP contribution is -2.65. The highest BCUT2D eigenvalue weighted by molar-refractivity contribution is 7.09. The second-order valence-corrected chi connectivity index (χ2v) is 6.94. The van der Waals surface area contributed by atoms with Gasteiger partial charge in [-0.15, -0.1) is 11.3 Å². The maximum Gasteiger partial charge on any atom is 0.490 e. The van der Waals surface area contributed by atoms with Gasteiger partial charge in [0, 0.05) is 44.6 Å². The van der Waals surface area contributed by atoms with Crippen LogP contribution in [0.2, 0.25) is 0 Å². The fourth-order valence-corrected chi connectivity index (χ4v) is 3.65. The predicted octanol–water partition coefficient (Wildman–Crippen LogP) is 2.76. The summed E-state index contributed by atoms with van der Waals surface area (Å²) in [7, 11) is 1.81. The Labute approximate surface area is 142 Å². The van der Waals surface area contributed by atoms with Crippen LogP contribution in [0.15, 0.2) is 17.5 Å². The van der Waals surface area contributed by atoms with Crippen molar-refractivity contribution in [3.05, 3.63) is 22.4 Å². The molecular weight excluding hydrogens is 347 g/mol. The van der Waals surface area contributed by atoms with Crippen LogP contribution >= 0.6 is 11.3 Å². The summed E-state index contributed by atoms with van der Waals surface area (Å²) in [4.78, 5) is 12.8. The van der Waals surface area contributed by atoms with E-state index < -0.39 is 12.1 Å². The van der Waals surface area contributed by atoms with Gasteiger partial charge in [0.05, 0.1) is 11.7 Å². The number of carboxylic acids is 1. The Hall–Kier alpha value is -1.16. The molecule has 1 aromatic heterocycles. The molecule has 1 spiro atoms. The van der Waals surface area contributed by atoms with E-state index in [1.807, 2.05) is 18.4 Å². The molecule has 2 aliphatic heterocycles. The Morgan fingerprint density at radius 3 is 2.71 bits per heavy atom. The van der Waals surface area contributed by atoms with Crippen molar-refractivity contribution in [2.45, 2.75) is 37.3 Å². The van der Waals surface area contributed by atoms with Crippen LogP contribution in [0.5, 0.6) is 0 Å². The number of halogens is 3. The number of rotatable bonds is 3. The topological polar surface area (TPSA) is 59.0 Å². The van der Waals surface area contributed by atoms with E-state index in [2.05, 4.69) is 22.4 Å². The largest absolute Gasteiger partial charge is 0.490 e. The van der Waals surface area contributed by atoms with Gasteiger partial charge in [-0.1, -0.05) is 6.07 Å². The first-order valence-corrected chi connectivity index (χ1v) is 8.34. The van der Waals surface area contributed by atoms with Gasteiger partial charge >= 0.3 is 12.1 Å². The molecule has 136 valence electrons. The normalized spacial score (nSPS) is 23.2. The van der Waals surface area contributed by atoms with Crippen molar-refractivity contribution in [2.75, 3.05) is 26.8 Å². The zero-order valence-electron chi connectivity index (χ0n) is 13.2. The van der Waals surface area contributed by atoms with Gasteiger partial charge in [-0.25, -0.2) is 4.79 Å². The lowest BCUT2D eigenvalue weighted by molar-refractivity contribution is -0.195. The Morgan fingerprint density at radius 1 is 1.54 bits per heavy atom. The number of likely N-dealkylation sites (tertiary alicyclic amines) is 1. The fraction of sp³-hybridized carbons (Fsp3) is 0.667. The predicted molar refractivity (Wildman–Crippen MR) is 82.0 cm³/mol. The molecule has 0 aliphatic carbocycles. The number of hydrogen-bond donors (Lipinski definition) is 1. The fourth-order valence-electron chi connectivity index (χ4n) is 2.91. The van der Waals surface area contributed by atoms with E-state index in [-0.39, 0.29) is 5.60 Å². The second kappa shape index (κ2) is 7.81. The van der Waals surface area contributed by atoms with Crippen LogP contribution in [0.3, 0.4) is 0 Å². The van der Waals surface area contributed by atoms with Crippen LogP contribution in [0.25, 0.3) is 0 Å². The molecule has 2 fully saturated rings. The van der Waals surface area contributed by atoms with Gasteiger partial charge < -0.3 is 14.6 Å². The maximum absolute atomic E-state index is 10.6. The summed E-state index contributed by atoms with van der Waals surface area (Å²) in [6, 6.07) is 4.32. The summed E-state index contributed by atoms with van der Waals surface area (Å²) in [5.41, 5.74) is 0.0934. The van der Waals surface area contributed by atoms with Crippen molar-refractivity contribution >= 4 is 17.3 Å². The van der Waals surface area contributed by atoms with Gasteiger partial charge in [0.15, 0.2) is 0 Å². The number of hydrogen-bond acceptors (Lipinski definition) is 5. The van der Waals surface area contributed by atoms with E-state index in [0.29, 0.717) is 6.10 Å². The SMILES string of the molecule is COC1CCOC2(C1)CN(Cc1cccs1)C2.O=C(O)C(F)(F)F. The van der Waals surface area contributed by atoms with Crippen molar-refractivity contribution in [1.82, 2.24) is 4.90 Å². The molecule has 0 saturated carbocycles. The minimum atomic E-state index is -5.08. The van der Waals surface area contributed by atoms with Crippen LogP contribution in [0, 0.1) is 0 Å². The molecule has 0 amide bonds. The molecule has 3 heterocycles. The summed E-state index contributed by atoms with van der Waals surface area (Å²) < 4.78 is 43.2. The van der Waals surface area contributed by atoms with Crippen LogP contribution in [-0.4, -0.2) is 60.7 Å². The number of nitrogens with zero attached hydrogens (tertiary/aromatic N) is 1. The first-order valence-electron chi connectivity index (χ1n) is 7.46. The highest BCUT2D eigenvalue weighted by atomic mass is 32.1. The van der Waals surface area contributed by atoms with Crippen molar-refractivity contribution < 1.29 is 32.5 Å². The van der Waals surface area contributed by atoms with Crippen LogP contribution in [0.4, 0.5) is 13.2 Å². The second-order valence-electron chi connectivity index (χ2n) is 5.91. The van der Waals surface area contributed by atoms with Crippen molar-refractivity contribution in [1.29, 1.82) is 0 Å². The number of aliphatic carboxylic acids is 1. The van der Waals surface area contributed by atoms with Gasteiger partial charge in [-0.2, -0.15) is 13.2 Å². The van der Waals surface area contributed by atoms with E-state index >= 15 is 0 Å². The molecule has 24 heavy (non-hydrogen) atoms. The van der Waals surface area contributed by atoms with Crippen molar-refractivity contribution in [2.24, 2.45) is 0 Å². The number of thiophene rings is 1. The molecule has 1 atom stereocenters. The average molecular weight is 367 g/mol. The third-order valence-electron chi connectivity index (χ3n) is 4.01. The molecule has 1 N–H and O–H groups in total. The molecule has 0 aromatic carbocycles. The zero-order valence-corrected chi connectivity index (χ0v) is 14.0. The number of carbonyl (C=O) groups is 1. The molecule has 5 nitrogen and oxygen atoms in total. The molecule has 3 rings (SSSR count). The standard InChI is InChI=1S/C13H19NO2S.C2HF3O2/c1-15-11-4-5-16-13(7-11)9-14(10-13)8-12-3-2-6-17-12;3-2(4,5)1(6)7/h2-3,6,11H,4-5,7-10H2,1H3;(H,6,7). The lowest BCUT2D eigenvalue weighted by Gasteiger charge is -2.53. The summed E-state index contributed by atoms with van der Waals surface area (Å²) in [6.07, 6.45) is -2.58. The number of ether oxygens (including phenoxy) is 2. The molecule has 2 saturated heterocycles. The van der Waals surface area contributed by atoms with Crippen LogP contribution in [0.1, 0.15) is 17.7 Å². The highest BCUT2D eigenvalue weighted by Gasteiger charge is 2.47.